The summed E-state index contributed by atoms with van der Waals surface area (Å²) in [6, 6.07) is 15.1. The maximum Gasteiger partial charge on any atom is 1.00 e. The van der Waals surface area contributed by atoms with Crippen LogP contribution in [0.3, 0.4) is 0 Å². The van der Waals surface area contributed by atoms with Crippen molar-refractivity contribution in [2.24, 2.45) is 0 Å². The molecular formula is C24H17F4NaO4. The van der Waals surface area contributed by atoms with E-state index in [4.69, 9.17) is 9.47 Å². The van der Waals surface area contributed by atoms with Gasteiger partial charge in [-0.15, -0.1) is 0 Å². The summed E-state index contributed by atoms with van der Waals surface area (Å²) >= 11 is 0. The number of alkyl halides is 3. The van der Waals surface area contributed by atoms with Gasteiger partial charge in [0.15, 0.2) is 0 Å². The van der Waals surface area contributed by atoms with Crippen LogP contribution in [0.1, 0.15) is 16.7 Å². The van der Waals surface area contributed by atoms with Gasteiger partial charge in [-0.3, -0.25) is 0 Å². The van der Waals surface area contributed by atoms with E-state index in [1.165, 1.54) is 24.3 Å². The minimum absolute atomic E-state index is 0. The van der Waals surface area contributed by atoms with E-state index in [0.29, 0.717) is 17.1 Å². The fourth-order valence-electron chi connectivity index (χ4n) is 2.78. The molecule has 3 rings (SSSR count). The zero-order valence-electron chi connectivity index (χ0n) is 17.6. The molecule has 0 atom stereocenters. The van der Waals surface area contributed by atoms with Gasteiger partial charge in [0.25, 0.3) is 0 Å². The second-order valence-corrected chi connectivity index (χ2v) is 6.71. The van der Waals surface area contributed by atoms with Crippen molar-refractivity contribution in [1.29, 1.82) is 0 Å². The van der Waals surface area contributed by atoms with Gasteiger partial charge in [0.05, 0.1) is 5.56 Å². The molecule has 0 unspecified atom stereocenters. The van der Waals surface area contributed by atoms with Crippen molar-refractivity contribution in [3.63, 3.8) is 0 Å². The van der Waals surface area contributed by atoms with Gasteiger partial charge in [0, 0.05) is 18.5 Å². The number of carbonyl (C=O) groups is 1. The monoisotopic (exact) mass is 468 g/mol. The number of carboxylic acids is 1. The van der Waals surface area contributed by atoms with Gasteiger partial charge in [0.2, 0.25) is 0 Å². The number of carbonyl (C=O) groups excluding carboxylic acids is 1. The number of rotatable bonds is 8. The van der Waals surface area contributed by atoms with E-state index >= 15 is 0 Å². The molecule has 0 N–H and O–H groups in total. The number of aliphatic carboxylic acids is 1. The number of hydrogen-bond donors (Lipinski definition) is 0. The maximum atomic E-state index is 13.7. The third-order valence-corrected chi connectivity index (χ3v) is 4.29. The Bertz CT molecular complexity index is 1110. The van der Waals surface area contributed by atoms with Crippen molar-refractivity contribution in [2.45, 2.75) is 12.6 Å². The number of ether oxygens (including phenoxy) is 2. The maximum absolute atomic E-state index is 13.7. The number of carboxylic acid groups (broad SMARTS) is 1. The second kappa shape index (κ2) is 11.9. The summed E-state index contributed by atoms with van der Waals surface area (Å²) in [5.74, 6) is -0.960. The molecule has 0 saturated carbocycles. The van der Waals surface area contributed by atoms with Gasteiger partial charge in [0.1, 0.15) is 29.7 Å². The van der Waals surface area contributed by atoms with Crippen molar-refractivity contribution in [3.05, 3.63) is 95.3 Å². The Kier molecular flexibility index (Phi) is 9.52. The number of hydrogen-bond acceptors (Lipinski definition) is 4. The molecule has 0 spiro atoms. The Labute approximate surface area is 209 Å². The fourth-order valence-corrected chi connectivity index (χ4v) is 2.78. The molecular weight excluding hydrogens is 451 g/mol. The molecule has 33 heavy (non-hydrogen) atoms. The molecule has 0 amide bonds. The summed E-state index contributed by atoms with van der Waals surface area (Å²) in [5.41, 5.74) is -0.165. The zero-order valence-corrected chi connectivity index (χ0v) is 19.6. The molecule has 0 aromatic heterocycles. The first-order valence-electron chi connectivity index (χ1n) is 9.43. The molecule has 9 heteroatoms. The first kappa shape index (κ1) is 26.4. The summed E-state index contributed by atoms with van der Waals surface area (Å²) in [5, 5.41) is 10.7. The van der Waals surface area contributed by atoms with E-state index in [1.54, 1.807) is 36.4 Å². The van der Waals surface area contributed by atoms with Gasteiger partial charge >= 0.3 is 35.7 Å². The molecule has 0 radical (unpaired) electrons. The Hall–Kier alpha value is -2.81. The van der Waals surface area contributed by atoms with E-state index in [1.807, 2.05) is 0 Å². The molecule has 3 aromatic carbocycles. The molecule has 0 heterocycles. The molecule has 0 bridgehead atoms. The predicted molar refractivity (Wildman–Crippen MR) is 108 cm³/mol. The third-order valence-electron chi connectivity index (χ3n) is 4.29. The predicted octanol–water partition coefficient (Wildman–Crippen LogP) is 2.03. The molecule has 4 nitrogen and oxygen atoms in total. The zero-order chi connectivity index (χ0) is 23.1. The van der Waals surface area contributed by atoms with Crippen LogP contribution in [0.4, 0.5) is 17.6 Å². The largest absolute Gasteiger partial charge is 1.00 e. The van der Waals surface area contributed by atoms with Crippen LogP contribution in [0.2, 0.25) is 0 Å². The molecule has 0 aliphatic heterocycles. The smallest absolute Gasteiger partial charge is 0.550 e. The number of halogens is 4. The Morgan fingerprint density at radius 3 is 2.27 bits per heavy atom. The third kappa shape index (κ3) is 8.24. The average Bonchev–Trinajstić information content (AvgIpc) is 2.73. The number of benzene rings is 3. The molecule has 166 valence electrons. The minimum atomic E-state index is -4.37. The van der Waals surface area contributed by atoms with Crippen molar-refractivity contribution in [2.75, 3.05) is 6.61 Å². The second-order valence-electron chi connectivity index (χ2n) is 6.71. The Balaban J connectivity index is 0.00000385. The van der Waals surface area contributed by atoms with Gasteiger partial charge in [-0.2, -0.15) is 13.2 Å². The Morgan fingerprint density at radius 1 is 0.939 bits per heavy atom. The van der Waals surface area contributed by atoms with Gasteiger partial charge in [-0.25, -0.2) is 4.39 Å². The topological polar surface area (TPSA) is 58.6 Å². The van der Waals surface area contributed by atoms with Gasteiger partial charge < -0.3 is 19.4 Å². The SMILES string of the molecule is O=C([O-])Cc1cc(Oc2cccc(OC/C=C/c3ccc(C(F)(F)F)cc3)c2)ccc1F.[Na+]. The summed E-state index contributed by atoms with van der Waals surface area (Å²) < 4.78 is 62.6. The van der Waals surface area contributed by atoms with Crippen LogP contribution < -0.4 is 44.1 Å². The van der Waals surface area contributed by atoms with Gasteiger partial charge in [-0.05, 0) is 59.7 Å². The summed E-state index contributed by atoms with van der Waals surface area (Å²) in [6.07, 6.45) is -1.65. The van der Waals surface area contributed by atoms with Crippen molar-refractivity contribution in [1.82, 2.24) is 0 Å². The van der Waals surface area contributed by atoms with Crippen molar-refractivity contribution >= 4 is 12.0 Å². The van der Waals surface area contributed by atoms with Crippen LogP contribution in [0.25, 0.3) is 6.08 Å². The van der Waals surface area contributed by atoms with Crippen molar-refractivity contribution in [3.8, 4) is 17.2 Å². The first-order chi connectivity index (χ1) is 15.2. The van der Waals surface area contributed by atoms with Crippen LogP contribution in [0.15, 0.2) is 72.8 Å². The fraction of sp³-hybridized carbons (Fsp3) is 0.125. The first-order valence-corrected chi connectivity index (χ1v) is 9.43. The van der Waals surface area contributed by atoms with E-state index in [-0.39, 0.29) is 47.5 Å². The summed E-state index contributed by atoms with van der Waals surface area (Å²) in [7, 11) is 0. The summed E-state index contributed by atoms with van der Waals surface area (Å²) in [4.78, 5) is 10.7. The molecule has 3 aromatic rings. The van der Waals surface area contributed by atoms with Crippen LogP contribution in [0.5, 0.6) is 17.2 Å². The molecule has 0 saturated heterocycles. The van der Waals surface area contributed by atoms with Crippen LogP contribution >= 0.6 is 0 Å². The standard InChI is InChI=1S/C24H18F4O4.Na/c25-22-11-10-21(13-17(22)14-23(29)30)32-20-5-1-4-19(15-20)31-12-2-3-16-6-8-18(9-7-16)24(26,27)28;/h1-11,13,15H,12,14H2,(H,29,30);/q;+1/p-1/b3-2+;. The van der Waals surface area contributed by atoms with E-state index in [2.05, 4.69) is 0 Å². The minimum Gasteiger partial charge on any atom is -0.550 e. The Morgan fingerprint density at radius 2 is 1.61 bits per heavy atom. The van der Waals surface area contributed by atoms with Crippen molar-refractivity contribution < 1.29 is 66.5 Å². The average molecular weight is 468 g/mol. The van der Waals surface area contributed by atoms with Crippen LogP contribution in [-0.4, -0.2) is 12.6 Å². The van der Waals surface area contributed by atoms with Crippen LogP contribution in [0, 0.1) is 5.82 Å². The molecule has 0 fully saturated rings. The molecule has 0 aliphatic carbocycles. The van der Waals surface area contributed by atoms with E-state index in [0.717, 1.165) is 18.2 Å². The van der Waals surface area contributed by atoms with Crippen LogP contribution in [-0.2, 0) is 17.4 Å². The van der Waals surface area contributed by atoms with E-state index in [9.17, 15) is 27.5 Å². The molecule has 0 aliphatic rings. The normalized spacial score (nSPS) is 11.2. The summed E-state index contributed by atoms with van der Waals surface area (Å²) in [6.45, 7) is 0.163. The quantitative estimate of drug-likeness (QED) is 0.375. The van der Waals surface area contributed by atoms with E-state index < -0.39 is 29.9 Å². The van der Waals surface area contributed by atoms with Gasteiger partial charge in [-0.1, -0.05) is 24.3 Å².